The van der Waals surface area contributed by atoms with Crippen molar-refractivity contribution in [3.8, 4) is 0 Å². The number of esters is 2. The molecule has 60 heavy (non-hydrogen) atoms. The maximum atomic E-state index is 12.8. The van der Waals surface area contributed by atoms with Crippen LogP contribution in [0.4, 0.5) is 0 Å². The smallest absolute Gasteiger partial charge is 0.462 e. The largest absolute Gasteiger partial charge is 0.472 e. The fraction of sp³-hybridized carbons (Fsp3) is 0.957. The van der Waals surface area contributed by atoms with Gasteiger partial charge in [-0.3, -0.25) is 18.6 Å². The number of rotatable bonds is 41. The Kier molecular flexibility index (Phi) is 35.3. The van der Waals surface area contributed by atoms with Gasteiger partial charge in [0.25, 0.3) is 0 Å². The number of carbonyl (C=O) groups excluding carboxylic acids is 2. The van der Waals surface area contributed by atoms with Gasteiger partial charge in [0.05, 0.1) is 6.61 Å². The first kappa shape index (κ1) is 56.9. The average Bonchev–Trinajstić information content (AvgIpc) is 3.23. The predicted molar refractivity (Wildman–Crippen MR) is 235 cm³/mol. The van der Waals surface area contributed by atoms with Crippen molar-refractivity contribution in [2.24, 2.45) is 0 Å². The molecule has 0 amide bonds. The molecule has 0 saturated heterocycles. The van der Waals surface area contributed by atoms with Crippen LogP contribution in [-0.4, -0.2) is 98.3 Å². The number of aliphatic hydroxyl groups is 5. The van der Waals surface area contributed by atoms with Gasteiger partial charge in [-0.05, 0) is 12.8 Å². The number of ether oxygens (including phenoxy) is 2. The quantitative estimate of drug-likeness (QED) is 0.0192. The van der Waals surface area contributed by atoms with Crippen molar-refractivity contribution in [2.75, 3.05) is 13.2 Å². The molecule has 1 fully saturated rings. The highest BCUT2D eigenvalue weighted by molar-refractivity contribution is 7.47. The van der Waals surface area contributed by atoms with E-state index in [0.29, 0.717) is 12.8 Å². The molecule has 356 valence electrons. The fourth-order valence-corrected chi connectivity index (χ4v) is 8.73. The first-order valence-electron chi connectivity index (χ1n) is 24.3. The van der Waals surface area contributed by atoms with Gasteiger partial charge >= 0.3 is 19.8 Å². The predicted octanol–water partition coefficient (Wildman–Crippen LogP) is 9.67. The Labute approximate surface area is 363 Å². The van der Waals surface area contributed by atoms with Gasteiger partial charge in [-0.15, -0.1) is 0 Å². The van der Waals surface area contributed by atoms with Gasteiger partial charge in [0.15, 0.2) is 6.10 Å². The minimum Gasteiger partial charge on any atom is -0.462 e. The van der Waals surface area contributed by atoms with Crippen LogP contribution in [0.1, 0.15) is 226 Å². The highest BCUT2D eigenvalue weighted by atomic mass is 31.2. The van der Waals surface area contributed by atoms with Crippen LogP contribution < -0.4 is 0 Å². The van der Waals surface area contributed by atoms with E-state index >= 15 is 0 Å². The first-order chi connectivity index (χ1) is 28.9. The van der Waals surface area contributed by atoms with E-state index in [1.807, 2.05) is 0 Å². The molecule has 6 unspecified atom stereocenters. The third-order valence-corrected chi connectivity index (χ3v) is 12.7. The van der Waals surface area contributed by atoms with E-state index in [1.165, 1.54) is 148 Å². The van der Waals surface area contributed by atoms with Crippen molar-refractivity contribution in [3.05, 3.63) is 0 Å². The Hall–Kier alpha value is -1.15. The van der Waals surface area contributed by atoms with Crippen LogP contribution in [0.2, 0.25) is 0 Å². The van der Waals surface area contributed by atoms with Crippen LogP contribution in [0, 0.1) is 0 Å². The minimum absolute atomic E-state index is 0.105. The van der Waals surface area contributed by atoms with Gasteiger partial charge in [0.2, 0.25) is 0 Å². The summed E-state index contributed by atoms with van der Waals surface area (Å²) in [5.41, 5.74) is 0. The van der Waals surface area contributed by atoms with Crippen LogP contribution >= 0.6 is 7.82 Å². The second-order valence-electron chi connectivity index (χ2n) is 17.3. The molecule has 0 spiro atoms. The summed E-state index contributed by atoms with van der Waals surface area (Å²) in [5.74, 6) is -1.08. The van der Waals surface area contributed by atoms with Crippen molar-refractivity contribution in [1.82, 2.24) is 0 Å². The number of aliphatic hydroxyl groups excluding tert-OH is 5. The van der Waals surface area contributed by atoms with Crippen LogP contribution in [-0.2, 0) is 32.7 Å². The van der Waals surface area contributed by atoms with Crippen LogP contribution in [0.3, 0.4) is 0 Å². The SMILES string of the molecule is CCCCCCCCCCCCCCCCCCCCC(=O)OC(COC(=O)CCCCCCCCCCCCCCC)COP(=O)(O)OC1C(O)C(O)C(O)C(O)C1O. The lowest BCUT2D eigenvalue weighted by Gasteiger charge is -2.41. The molecule has 1 rings (SSSR count). The summed E-state index contributed by atoms with van der Waals surface area (Å²) >= 11 is 0. The number of hydrogen-bond donors (Lipinski definition) is 6. The molecule has 0 aliphatic heterocycles. The lowest BCUT2D eigenvalue weighted by molar-refractivity contribution is -0.220. The second kappa shape index (κ2) is 37.2. The summed E-state index contributed by atoms with van der Waals surface area (Å²) in [6, 6.07) is 0. The van der Waals surface area contributed by atoms with Crippen molar-refractivity contribution in [3.63, 3.8) is 0 Å². The van der Waals surface area contributed by atoms with Crippen LogP contribution in [0.5, 0.6) is 0 Å². The molecule has 6 N–H and O–H groups in total. The zero-order chi connectivity index (χ0) is 44.3. The van der Waals surface area contributed by atoms with Crippen molar-refractivity contribution >= 4 is 19.8 Å². The summed E-state index contributed by atoms with van der Waals surface area (Å²) in [6.45, 7) is 3.33. The molecule has 0 aromatic carbocycles. The Bertz CT molecular complexity index is 1060. The molecule has 1 aliphatic rings. The Morgan fingerprint density at radius 1 is 0.450 bits per heavy atom. The zero-order valence-corrected chi connectivity index (χ0v) is 38.7. The fourth-order valence-electron chi connectivity index (χ4n) is 7.76. The second-order valence-corrected chi connectivity index (χ2v) is 18.7. The molecule has 1 saturated carbocycles. The normalized spacial score (nSPS) is 22.1. The van der Waals surface area contributed by atoms with Gasteiger partial charge in [-0.25, -0.2) is 4.57 Å². The summed E-state index contributed by atoms with van der Waals surface area (Å²) in [4.78, 5) is 35.7. The van der Waals surface area contributed by atoms with E-state index in [4.69, 9.17) is 18.5 Å². The van der Waals surface area contributed by atoms with Crippen LogP contribution in [0.25, 0.3) is 0 Å². The molecular weight excluding hydrogens is 791 g/mol. The topological polar surface area (TPSA) is 210 Å². The molecular formula is C46H89O13P. The lowest BCUT2D eigenvalue weighted by atomic mass is 9.85. The molecule has 0 aromatic heterocycles. The van der Waals surface area contributed by atoms with Gasteiger partial charge in [0, 0.05) is 12.8 Å². The molecule has 6 atom stereocenters. The third-order valence-electron chi connectivity index (χ3n) is 11.7. The highest BCUT2D eigenvalue weighted by Crippen LogP contribution is 2.47. The van der Waals surface area contributed by atoms with E-state index in [1.54, 1.807) is 0 Å². The van der Waals surface area contributed by atoms with E-state index in [-0.39, 0.29) is 12.8 Å². The summed E-state index contributed by atoms with van der Waals surface area (Å²) < 4.78 is 33.6. The summed E-state index contributed by atoms with van der Waals surface area (Å²) in [7, 11) is -5.11. The number of unbranched alkanes of at least 4 members (excludes halogenated alkanes) is 29. The average molecular weight is 881 g/mol. The minimum atomic E-state index is -5.11. The van der Waals surface area contributed by atoms with E-state index in [0.717, 1.165) is 38.5 Å². The molecule has 0 aromatic rings. The summed E-state index contributed by atoms with van der Waals surface area (Å²) in [6.07, 6.45) is 24.4. The first-order valence-corrected chi connectivity index (χ1v) is 25.8. The van der Waals surface area contributed by atoms with Crippen molar-refractivity contribution < 1.29 is 63.1 Å². The Morgan fingerprint density at radius 2 is 0.750 bits per heavy atom. The Balaban J connectivity index is 2.41. The van der Waals surface area contributed by atoms with Gasteiger partial charge in [-0.2, -0.15) is 0 Å². The number of carbonyl (C=O) groups is 2. The Morgan fingerprint density at radius 3 is 1.10 bits per heavy atom. The monoisotopic (exact) mass is 881 g/mol. The van der Waals surface area contributed by atoms with Crippen LogP contribution in [0.15, 0.2) is 0 Å². The number of phosphoric ester groups is 1. The van der Waals surface area contributed by atoms with Crippen molar-refractivity contribution in [2.45, 2.75) is 268 Å². The van der Waals surface area contributed by atoms with Gasteiger partial charge < -0.3 is 39.9 Å². The zero-order valence-electron chi connectivity index (χ0n) is 37.8. The van der Waals surface area contributed by atoms with Gasteiger partial charge in [-0.1, -0.05) is 200 Å². The van der Waals surface area contributed by atoms with Crippen molar-refractivity contribution in [1.29, 1.82) is 0 Å². The third kappa shape index (κ3) is 29.3. The van der Waals surface area contributed by atoms with E-state index in [9.17, 15) is 44.6 Å². The highest BCUT2D eigenvalue weighted by Gasteiger charge is 2.51. The molecule has 14 heteroatoms. The molecule has 0 radical (unpaired) electrons. The maximum Gasteiger partial charge on any atom is 0.472 e. The van der Waals surface area contributed by atoms with E-state index in [2.05, 4.69) is 13.8 Å². The summed E-state index contributed by atoms with van der Waals surface area (Å²) in [5, 5.41) is 50.2. The molecule has 13 nitrogen and oxygen atoms in total. The lowest BCUT2D eigenvalue weighted by Crippen LogP contribution is -2.64. The standard InChI is InChI=1S/C46H89O13P/c1-3-5-7-9-11-13-15-17-18-19-20-21-23-25-27-29-31-33-35-40(48)58-38(37-57-60(54,55)59-46-44(52)42(50)41(49)43(51)45(46)53)36-56-39(47)34-32-30-28-26-24-22-16-14-12-10-8-6-4-2/h38,41-46,49-53H,3-37H2,1-2H3,(H,54,55). The van der Waals surface area contributed by atoms with Gasteiger partial charge in [0.1, 0.15) is 43.2 Å². The molecule has 0 heterocycles. The molecule has 0 bridgehead atoms. The number of hydrogen-bond acceptors (Lipinski definition) is 12. The maximum absolute atomic E-state index is 12.8. The molecule has 1 aliphatic carbocycles. The number of phosphoric acid groups is 1. The van der Waals surface area contributed by atoms with E-state index < -0.39 is 75.7 Å².